The maximum absolute atomic E-state index is 11.3. The number of rotatable bonds is 6. The van der Waals surface area contributed by atoms with Crippen molar-refractivity contribution in [2.45, 2.75) is 56.8 Å². The smallest absolute Gasteiger partial charge is 0.744 e. The van der Waals surface area contributed by atoms with Crippen LogP contribution >= 0.6 is 0 Å². The van der Waals surface area contributed by atoms with E-state index in [2.05, 4.69) is 6.92 Å². The fourth-order valence-corrected chi connectivity index (χ4v) is 3.05. The Hall–Kier alpha value is 0.130. The summed E-state index contributed by atoms with van der Waals surface area (Å²) in [5, 5.41) is 0. The quantitative estimate of drug-likeness (QED) is 0.435. The average molecular weight is 292 g/mol. The second kappa shape index (κ2) is 7.79. The fourth-order valence-electron chi connectivity index (χ4n) is 2.20. The summed E-state index contributed by atoms with van der Waals surface area (Å²) < 4.78 is 33.8. The topological polar surface area (TPSA) is 57.2 Å². The maximum Gasteiger partial charge on any atom is 1.00 e. The van der Waals surface area contributed by atoms with E-state index in [1.165, 1.54) is 6.07 Å². The van der Waals surface area contributed by atoms with Crippen molar-refractivity contribution in [3.63, 3.8) is 0 Å². The summed E-state index contributed by atoms with van der Waals surface area (Å²) in [5.41, 5.74) is 0.347. The van der Waals surface area contributed by atoms with Crippen molar-refractivity contribution in [3.05, 3.63) is 29.8 Å². The summed E-state index contributed by atoms with van der Waals surface area (Å²) in [6.45, 7) is 6.11. The Labute approximate surface area is 138 Å². The van der Waals surface area contributed by atoms with Gasteiger partial charge in [0.25, 0.3) is 0 Å². The molecular formula is C14H21NaO3S. The monoisotopic (exact) mass is 292 g/mol. The predicted octanol–water partition coefficient (Wildman–Crippen LogP) is 0.453. The molecule has 0 bridgehead atoms. The zero-order valence-electron chi connectivity index (χ0n) is 12.3. The van der Waals surface area contributed by atoms with Crippen LogP contribution in [0.1, 0.15) is 52.0 Å². The Morgan fingerprint density at radius 2 is 1.74 bits per heavy atom. The molecule has 0 aliphatic heterocycles. The van der Waals surface area contributed by atoms with E-state index in [1.807, 2.05) is 13.8 Å². The van der Waals surface area contributed by atoms with Crippen LogP contribution in [-0.4, -0.2) is 13.0 Å². The van der Waals surface area contributed by atoms with E-state index < -0.39 is 10.1 Å². The molecule has 0 amide bonds. The van der Waals surface area contributed by atoms with Crippen molar-refractivity contribution in [2.75, 3.05) is 0 Å². The van der Waals surface area contributed by atoms with E-state index in [9.17, 15) is 13.0 Å². The van der Waals surface area contributed by atoms with Crippen molar-refractivity contribution in [2.24, 2.45) is 0 Å². The second-order valence-electron chi connectivity index (χ2n) is 5.29. The Morgan fingerprint density at radius 1 is 1.16 bits per heavy atom. The molecule has 0 heterocycles. The van der Waals surface area contributed by atoms with Gasteiger partial charge in [-0.1, -0.05) is 58.2 Å². The van der Waals surface area contributed by atoms with E-state index in [1.54, 1.807) is 18.2 Å². The summed E-state index contributed by atoms with van der Waals surface area (Å²) in [6, 6.07) is 6.53. The number of hydrogen-bond donors (Lipinski definition) is 0. The van der Waals surface area contributed by atoms with Crippen LogP contribution in [0.3, 0.4) is 0 Å². The standard InChI is InChI=1S/C14H22O3S.Na/c1-4-5-8-11-14(2,3)12-9-6-7-10-13(12)18(15,16)17;/h6-7,9-10H,4-5,8,11H2,1-3H3,(H,15,16,17);/q;+1/p-1. The van der Waals surface area contributed by atoms with Gasteiger partial charge in [-0.15, -0.1) is 0 Å². The van der Waals surface area contributed by atoms with E-state index >= 15 is 0 Å². The Kier molecular flexibility index (Phi) is 7.85. The van der Waals surface area contributed by atoms with Gasteiger partial charge in [0.15, 0.2) is 0 Å². The van der Waals surface area contributed by atoms with Crippen LogP contribution in [-0.2, 0) is 15.5 Å². The predicted molar refractivity (Wildman–Crippen MR) is 71.6 cm³/mol. The maximum atomic E-state index is 11.3. The van der Waals surface area contributed by atoms with Gasteiger partial charge in [0.05, 0.1) is 4.90 Å². The normalized spacial score (nSPS) is 12.0. The van der Waals surface area contributed by atoms with E-state index in [0.29, 0.717) is 5.56 Å². The minimum Gasteiger partial charge on any atom is -0.744 e. The van der Waals surface area contributed by atoms with Gasteiger partial charge >= 0.3 is 29.6 Å². The van der Waals surface area contributed by atoms with Crippen molar-refractivity contribution in [1.82, 2.24) is 0 Å². The molecule has 102 valence electrons. The van der Waals surface area contributed by atoms with Crippen molar-refractivity contribution < 1.29 is 42.5 Å². The molecule has 0 radical (unpaired) electrons. The van der Waals surface area contributed by atoms with Crippen LogP contribution in [0, 0.1) is 0 Å². The number of benzene rings is 1. The van der Waals surface area contributed by atoms with Crippen LogP contribution in [0.25, 0.3) is 0 Å². The molecule has 0 N–H and O–H groups in total. The summed E-state index contributed by atoms with van der Waals surface area (Å²) in [6.07, 6.45) is 4.16. The molecule has 5 heteroatoms. The molecule has 0 fully saturated rings. The van der Waals surface area contributed by atoms with Crippen LogP contribution in [0.2, 0.25) is 0 Å². The van der Waals surface area contributed by atoms with Crippen LogP contribution in [0.5, 0.6) is 0 Å². The minimum atomic E-state index is -4.40. The first-order valence-corrected chi connectivity index (χ1v) is 7.75. The van der Waals surface area contributed by atoms with Gasteiger partial charge in [-0.05, 0) is 23.5 Å². The fraction of sp³-hybridized carbons (Fsp3) is 0.571. The molecule has 0 saturated heterocycles. The molecule has 1 rings (SSSR count). The van der Waals surface area contributed by atoms with E-state index in [4.69, 9.17) is 0 Å². The molecule has 0 aliphatic carbocycles. The molecule has 0 spiro atoms. The van der Waals surface area contributed by atoms with Gasteiger partial charge in [0, 0.05) is 0 Å². The van der Waals surface area contributed by atoms with E-state index in [0.717, 1.165) is 25.7 Å². The first kappa shape index (κ1) is 19.1. The van der Waals surface area contributed by atoms with Gasteiger partial charge in [0.1, 0.15) is 10.1 Å². The summed E-state index contributed by atoms with van der Waals surface area (Å²) >= 11 is 0. The molecule has 0 atom stereocenters. The summed E-state index contributed by atoms with van der Waals surface area (Å²) in [4.78, 5) is -0.0773. The molecule has 0 unspecified atom stereocenters. The van der Waals surface area contributed by atoms with Gasteiger partial charge in [-0.3, -0.25) is 0 Å². The Morgan fingerprint density at radius 3 is 2.26 bits per heavy atom. The average Bonchev–Trinajstić information content (AvgIpc) is 2.28. The first-order chi connectivity index (χ1) is 8.29. The third-order valence-electron chi connectivity index (χ3n) is 3.29. The Balaban J connectivity index is 0.00000324. The van der Waals surface area contributed by atoms with Crippen LogP contribution in [0.15, 0.2) is 29.2 Å². The van der Waals surface area contributed by atoms with Crippen LogP contribution in [0.4, 0.5) is 0 Å². The summed E-state index contributed by atoms with van der Waals surface area (Å²) in [5.74, 6) is 0. The van der Waals surface area contributed by atoms with Crippen molar-refractivity contribution in [3.8, 4) is 0 Å². The molecular weight excluding hydrogens is 271 g/mol. The Bertz CT molecular complexity index is 495. The molecule has 1 aromatic carbocycles. The van der Waals surface area contributed by atoms with Crippen molar-refractivity contribution >= 4 is 10.1 Å². The van der Waals surface area contributed by atoms with Crippen molar-refractivity contribution in [1.29, 1.82) is 0 Å². The molecule has 3 nitrogen and oxygen atoms in total. The first-order valence-electron chi connectivity index (χ1n) is 6.34. The summed E-state index contributed by atoms with van der Waals surface area (Å²) in [7, 11) is -4.40. The second-order valence-corrected chi connectivity index (χ2v) is 6.64. The van der Waals surface area contributed by atoms with Crippen LogP contribution < -0.4 is 29.6 Å². The van der Waals surface area contributed by atoms with Gasteiger partial charge in [0.2, 0.25) is 0 Å². The minimum absolute atomic E-state index is 0. The third-order valence-corrected chi connectivity index (χ3v) is 4.19. The van der Waals surface area contributed by atoms with Gasteiger partial charge in [-0.2, -0.15) is 0 Å². The number of unbranched alkanes of at least 4 members (excludes halogenated alkanes) is 2. The largest absolute Gasteiger partial charge is 1.00 e. The molecule has 1 aromatic rings. The molecule has 0 aliphatic rings. The van der Waals surface area contributed by atoms with Gasteiger partial charge in [-0.25, -0.2) is 8.42 Å². The molecule has 0 saturated carbocycles. The van der Waals surface area contributed by atoms with Gasteiger partial charge < -0.3 is 4.55 Å². The SMILES string of the molecule is CCCCCC(C)(C)c1ccccc1S(=O)(=O)[O-].[Na+]. The molecule has 19 heavy (non-hydrogen) atoms. The zero-order valence-corrected chi connectivity index (χ0v) is 15.1. The number of hydrogen-bond acceptors (Lipinski definition) is 3. The molecule has 0 aromatic heterocycles. The zero-order chi connectivity index (χ0) is 13.8. The van der Waals surface area contributed by atoms with E-state index in [-0.39, 0.29) is 39.9 Å². The third kappa shape index (κ3) is 5.56.